The van der Waals surface area contributed by atoms with Crippen LogP contribution in [0.3, 0.4) is 0 Å². The fraction of sp³-hybridized carbons (Fsp3) is 0.304. The third-order valence-electron chi connectivity index (χ3n) is 5.10. The number of ether oxygens (including phenoxy) is 1. The lowest BCUT2D eigenvalue weighted by molar-refractivity contribution is 0.0398. The minimum atomic E-state index is 0.274. The molecule has 0 saturated carbocycles. The summed E-state index contributed by atoms with van der Waals surface area (Å²) in [5, 5.41) is 22.0. The summed E-state index contributed by atoms with van der Waals surface area (Å²) in [5.74, 6) is 1.08. The zero-order chi connectivity index (χ0) is 19.9. The van der Waals surface area contributed by atoms with Gasteiger partial charge in [-0.2, -0.15) is 0 Å². The van der Waals surface area contributed by atoms with Crippen LogP contribution in [0.1, 0.15) is 11.1 Å². The molecule has 1 fully saturated rings. The predicted molar refractivity (Wildman–Crippen MR) is 114 cm³/mol. The van der Waals surface area contributed by atoms with Gasteiger partial charge < -0.3 is 15.2 Å². The molecular weight excluding hydrogens is 364 g/mol. The summed E-state index contributed by atoms with van der Waals surface area (Å²) in [7, 11) is 0. The Morgan fingerprint density at radius 1 is 0.966 bits per heavy atom. The average molecular weight is 390 g/mol. The number of aromatic hydroxyl groups is 1. The SMILES string of the molecule is Oc1ccc(Cc2cc(-c3ccccc3)nnc2NCCN2CCOCC2)cc1. The summed E-state index contributed by atoms with van der Waals surface area (Å²) in [6.45, 7) is 5.31. The van der Waals surface area contributed by atoms with E-state index in [2.05, 4.69) is 26.5 Å². The standard InChI is InChI=1S/C23H26N4O2/c28-21-8-6-18(7-9-21)16-20-17-22(19-4-2-1-3-5-19)25-26-23(20)24-10-11-27-12-14-29-15-13-27/h1-9,17,28H,10-16H2,(H,24,26). The number of anilines is 1. The van der Waals surface area contributed by atoms with Gasteiger partial charge in [-0.1, -0.05) is 42.5 Å². The number of nitrogens with zero attached hydrogens (tertiary/aromatic N) is 3. The molecule has 0 unspecified atom stereocenters. The number of rotatable bonds is 7. The molecule has 0 bridgehead atoms. The molecule has 6 heteroatoms. The lowest BCUT2D eigenvalue weighted by Gasteiger charge is -2.26. The maximum Gasteiger partial charge on any atom is 0.152 e. The van der Waals surface area contributed by atoms with E-state index in [9.17, 15) is 5.11 Å². The van der Waals surface area contributed by atoms with Crippen molar-refractivity contribution in [3.8, 4) is 17.0 Å². The molecule has 0 spiro atoms. The zero-order valence-corrected chi connectivity index (χ0v) is 16.4. The molecule has 0 atom stereocenters. The third-order valence-corrected chi connectivity index (χ3v) is 5.10. The molecule has 1 saturated heterocycles. The van der Waals surface area contributed by atoms with Crippen LogP contribution in [0.5, 0.6) is 5.75 Å². The summed E-state index contributed by atoms with van der Waals surface area (Å²) in [6, 6.07) is 19.5. The molecule has 1 aliphatic heterocycles. The van der Waals surface area contributed by atoms with Crippen molar-refractivity contribution in [1.82, 2.24) is 15.1 Å². The van der Waals surface area contributed by atoms with Gasteiger partial charge in [-0.15, -0.1) is 10.2 Å². The van der Waals surface area contributed by atoms with Gasteiger partial charge in [-0.25, -0.2) is 0 Å². The van der Waals surface area contributed by atoms with Gasteiger partial charge in [0, 0.05) is 43.7 Å². The quantitative estimate of drug-likeness (QED) is 0.646. The second-order valence-electron chi connectivity index (χ2n) is 7.19. The number of hydrogen-bond acceptors (Lipinski definition) is 6. The first-order valence-corrected chi connectivity index (χ1v) is 10.0. The minimum Gasteiger partial charge on any atom is -0.508 e. The van der Waals surface area contributed by atoms with Crippen molar-refractivity contribution in [3.63, 3.8) is 0 Å². The number of aromatic nitrogens is 2. The van der Waals surface area contributed by atoms with E-state index >= 15 is 0 Å². The molecule has 0 amide bonds. The Hall–Kier alpha value is -2.96. The van der Waals surface area contributed by atoms with E-state index in [0.717, 1.165) is 74.0 Å². The van der Waals surface area contributed by atoms with Crippen LogP contribution in [-0.4, -0.2) is 59.6 Å². The average Bonchev–Trinajstić information content (AvgIpc) is 2.77. The molecule has 2 aromatic carbocycles. The summed E-state index contributed by atoms with van der Waals surface area (Å²) in [4.78, 5) is 2.39. The molecule has 2 N–H and O–H groups in total. The molecule has 0 aliphatic carbocycles. The highest BCUT2D eigenvalue weighted by atomic mass is 16.5. The Kier molecular flexibility index (Phi) is 6.34. The third kappa shape index (κ3) is 5.31. The van der Waals surface area contributed by atoms with Gasteiger partial charge in [0.05, 0.1) is 18.9 Å². The second kappa shape index (κ2) is 9.49. The predicted octanol–water partition coefficient (Wildman–Crippen LogP) is 3.18. The highest BCUT2D eigenvalue weighted by Gasteiger charge is 2.12. The Balaban J connectivity index is 1.52. The maximum atomic E-state index is 9.56. The summed E-state index contributed by atoms with van der Waals surface area (Å²) < 4.78 is 5.41. The van der Waals surface area contributed by atoms with Gasteiger partial charge in [0.1, 0.15) is 5.75 Å². The van der Waals surface area contributed by atoms with Gasteiger partial charge in [-0.3, -0.25) is 4.90 Å². The molecule has 0 radical (unpaired) electrons. The highest BCUT2D eigenvalue weighted by Crippen LogP contribution is 2.23. The van der Waals surface area contributed by atoms with Crippen molar-refractivity contribution in [2.24, 2.45) is 0 Å². The van der Waals surface area contributed by atoms with Gasteiger partial charge in [-0.05, 0) is 23.8 Å². The van der Waals surface area contributed by atoms with E-state index in [-0.39, 0.29) is 5.75 Å². The van der Waals surface area contributed by atoms with E-state index < -0.39 is 0 Å². The molecule has 2 heterocycles. The van der Waals surface area contributed by atoms with Gasteiger partial charge >= 0.3 is 0 Å². The summed E-state index contributed by atoms with van der Waals surface area (Å²) >= 11 is 0. The Bertz CT molecular complexity index is 910. The van der Waals surface area contributed by atoms with Crippen LogP contribution in [0.15, 0.2) is 60.7 Å². The van der Waals surface area contributed by atoms with Crippen LogP contribution < -0.4 is 5.32 Å². The van der Waals surface area contributed by atoms with Crippen LogP contribution in [0.2, 0.25) is 0 Å². The number of nitrogens with one attached hydrogen (secondary N) is 1. The Morgan fingerprint density at radius 2 is 1.72 bits per heavy atom. The first-order chi connectivity index (χ1) is 14.3. The normalized spacial score (nSPS) is 14.6. The number of hydrogen-bond donors (Lipinski definition) is 2. The minimum absolute atomic E-state index is 0.274. The van der Waals surface area contributed by atoms with Crippen molar-refractivity contribution in [2.75, 3.05) is 44.7 Å². The van der Waals surface area contributed by atoms with Crippen LogP contribution >= 0.6 is 0 Å². The van der Waals surface area contributed by atoms with E-state index in [1.165, 1.54) is 0 Å². The van der Waals surface area contributed by atoms with Crippen LogP contribution in [-0.2, 0) is 11.2 Å². The number of benzene rings is 2. The second-order valence-corrected chi connectivity index (χ2v) is 7.19. The Labute approximate surface area is 171 Å². The van der Waals surface area contributed by atoms with Crippen LogP contribution in [0.25, 0.3) is 11.3 Å². The first kappa shape index (κ1) is 19.4. The van der Waals surface area contributed by atoms with Gasteiger partial charge in [0.25, 0.3) is 0 Å². The molecule has 29 heavy (non-hydrogen) atoms. The van der Waals surface area contributed by atoms with Gasteiger partial charge in [0.15, 0.2) is 5.82 Å². The fourth-order valence-corrected chi connectivity index (χ4v) is 3.45. The molecule has 3 aromatic rings. The molecule has 1 aliphatic rings. The van der Waals surface area contributed by atoms with E-state index in [1.807, 2.05) is 42.5 Å². The van der Waals surface area contributed by atoms with Gasteiger partial charge in [0.2, 0.25) is 0 Å². The number of morpholine rings is 1. The number of phenolic OH excluding ortho intramolecular Hbond substituents is 1. The first-order valence-electron chi connectivity index (χ1n) is 10.0. The van der Waals surface area contributed by atoms with Crippen molar-refractivity contribution in [2.45, 2.75) is 6.42 Å². The van der Waals surface area contributed by atoms with E-state index in [0.29, 0.717) is 0 Å². The van der Waals surface area contributed by atoms with Crippen molar-refractivity contribution in [1.29, 1.82) is 0 Å². The maximum absolute atomic E-state index is 9.56. The van der Waals surface area contributed by atoms with Crippen LogP contribution in [0, 0.1) is 0 Å². The lowest BCUT2D eigenvalue weighted by Crippen LogP contribution is -2.39. The van der Waals surface area contributed by atoms with Crippen molar-refractivity contribution >= 4 is 5.82 Å². The van der Waals surface area contributed by atoms with E-state index in [4.69, 9.17) is 4.74 Å². The summed E-state index contributed by atoms with van der Waals surface area (Å²) in [5.41, 5.74) is 4.11. The van der Waals surface area contributed by atoms with Crippen molar-refractivity contribution in [3.05, 3.63) is 71.8 Å². The summed E-state index contributed by atoms with van der Waals surface area (Å²) in [6.07, 6.45) is 0.718. The molecule has 4 rings (SSSR count). The zero-order valence-electron chi connectivity index (χ0n) is 16.4. The highest BCUT2D eigenvalue weighted by molar-refractivity contribution is 5.62. The monoisotopic (exact) mass is 390 g/mol. The van der Waals surface area contributed by atoms with Crippen molar-refractivity contribution < 1.29 is 9.84 Å². The lowest BCUT2D eigenvalue weighted by atomic mass is 10.0. The topological polar surface area (TPSA) is 70.5 Å². The van der Waals surface area contributed by atoms with E-state index in [1.54, 1.807) is 12.1 Å². The fourth-order valence-electron chi connectivity index (χ4n) is 3.45. The van der Waals surface area contributed by atoms with Crippen LogP contribution in [0.4, 0.5) is 5.82 Å². The molecular formula is C23H26N4O2. The smallest absolute Gasteiger partial charge is 0.152 e. The Morgan fingerprint density at radius 3 is 2.48 bits per heavy atom. The molecule has 6 nitrogen and oxygen atoms in total. The molecule has 1 aromatic heterocycles. The largest absolute Gasteiger partial charge is 0.508 e. The molecule has 150 valence electrons. The number of phenols is 1.